The maximum atomic E-state index is 13.0. The number of rotatable bonds is 2. The zero-order valence-corrected chi connectivity index (χ0v) is 12.5. The molecule has 1 N–H and O–H groups in total. The van der Waals surface area contributed by atoms with Gasteiger partial charge in [0.2, 0.25) is 0 Å². The average molecular weight is 317 g/mol. The van der Waals surface area contributed by atoms with Crippen LogP contribution in [0.3, 0.4) is 0 Å². The van der Waals surface area contributed by atoms with Gasteiger partial charge in [-0.2, -0.15) is 4.39 Å². The Hall–Kier alpha value is -2.35. The van der Waals surface area contributed by atoms with Crippen LogP contribution in [0.15, 0.2) is 18.6 Å². The first-order valence-corrected chi connectivity index (χ1v) is 7.73. The van der Waals surface area contributed by atoms with E-state index >= 15 is 0 Å². The Morgan fingerprint density at radius 1 is 1.55 bits per heavy atom. The molecular formula is C14H12FN5OS. The maximum absolute atomic E-state index is 13.0. The standard InChI is InChI=1S/C14H12FN5OS/c1-7-2-3-10-8(7)4-9(12-19-17-6-20(10)12)13(21)18-14-16-5-11(15)22-14/h4-7H,2-3H2,1H3,(H,16,18,21). The van der Waals surface area contributed by atoms with Crippen LogP contribution >= 0.6 is 11.3 Å². The van der Waals surface area contributed by atoms with E-state index in [1.807, 2.05) is 10.5 Å². The number of carbonyl (C=O) groups excluding carboxylic acids is 1. The first-order valence-electron chi connectivity index (χ1n) is 6.91. The highest BCUT2D eigenvalue weighted by atomic mass is 32.1. The lowest BCUT2D eigenvalue weighted by atomic mass is 10.0. The van der Waals surface area contributed by atoms with Gasteiger partial charge in [-0.05, 0) is 30.4 Å². The summed E-state index contributed by atoms with van der Waals surface area (Å²) in [7, 11) is 0. The van der Waals surface area contributed by atoms with E-state index in [1.165, 1.54) is 0 Å². The van der Waals surface area contributed by atoms with Crippen molar-refractivity contribution in [3.63, 3.8) is 0 Å². The Labute approximate surface area is 129 Å². The lowest BCUT2D eigenvalue weighted by Gasteiger charge is -2.10. The van der Waals surface area contributed by atoms with Crippen molar-refractivity contribution < 1.29 is 9.18 Å². The number of anilines is 1. The van der Waals surface area contributed by atoms with Crippen LogP contribution in [0.4, 0.5) is 9.52 Å². The molecule has 3 aromatic heterocycles. The van der Waals surface area contributed by atoms with Crippen LogP contribution in [-0.4, -0.2) is 25.5 Å². The SMILES string of the molecule is CC1CCc2c1cc(C(=O)Nc1ncc(F)s1)c1nncn21. The Morgan fingerprint density at radius 2 is 2.41 bits per heavy atom. The van der Waals surface area contributed by atoms with E-state index in [1.54, 1.807) is 6.33 Å². The van der Waals surface area contributed by atoms with Gasteiger partial charge in [-0.15, -0.1) is 10.2 Å². The van der Waals surface area contributed by atoms with Crippen molar-refractivity contribution in [1.82, 2.24) is 19.6 Å². The number of halogens is 1. The monoisotopic (exact) mass is 317 g/mol. The molecule has 6 nitrogen and oxygen atoms in total. The van der Waals surface area contributed by atoms with Gasteiger partial charge >= 0.3 is 0 Å². The second-order valence-electron chi connectivity index (χ2n) is 5.35. The van der Waals surface area contributed by atoms with Crippen LogP contribution in [0, 0.1) is 5.13 Å². The lowest BCUT2D eigenvalue weighted by molar-refractivity contribution is 0.102. The summed E-state index contributed by atoms with van der Waals surface area (Å²) in [6.07, 6.45) is 4.71. The smallest absolute Gasteiger partial charge is 0.261 e. The molecule has 0 spiro atoms. The number of nitrogens with one attached hydrogen (secondary N) is 1. The number of pyridine rings is 1. The molecule has 3 heterocycles. The van der Waals surface area contributed by atoms with Gasteiger partial charge < -0.3 is 0 Å². The van der Waals surface area contributed by atoms with Gasteiger partial charge in [0.25, 0.3) is 5.91 Å². The number of aryl methyl sites for hydroxylation is 1. The molecule has 0 aromatic carbocycles. The molecule has 1 aliphatic carbocycles. The van der Waals surface area contributed by atoms with E-state index in [9.17, 15) is 9.18 Å². The molecule has 8 heteroatoms. The van der Waals surface area contributed by atoms with Crippen molar-refractivity contribution >= 4 is 28.0 Å². The number of nitrogens with zero attached hydrogens (tertiary/aromatic N) is 4. The average Bonchev–Trinajstić information content (AvgIpc) is 3.19. The van der Waals surface area contributed by atoms with Crippen LogP contribution in [-0.2, 0) is 6.42 Å². The van der Waals surface area contributed by atoms with Crippen molar-refractivity contribution in [1.29, 1.82) is 0 Å². The molecule has 0 aliphatic heterocycles. The molecule has 1 amide bonds. The fraction of sp³-hybridized carbons (Fsp3) is 0.286. The highest BCUT2D eigenvalue weighted by Gasteiger charge is 2.26. The second-order valence-corrected chi connectivity index (χ2v) is 6.33. The van der Waals surface area contributed by atoms with Crippen LogP contribution in [0.2, 0.25) is 0 Å². The van der Waals surface area contributed by atoms with E-state index in [2.05, 4.69) is 27.4 Å². The summed E-state index contributed by atoms with van der Waals surface area (Å²) < 4.78 is 14.9. The number of thiazole rings is 1. The number of hydrogen-bond donors (Lipinski definition) is 1. The molecule has 1 atom stereocenters. The number of hydrogen-bond acceptors (Lipinski definition) is 5. The Balaban J connectivity index is 1.79. The minimum atomic E-state index is -0.439. The molecule has 22 heavy (non-hydrogen) atoms. The lowest BCUT2D eigenvalue weighted by Crippen LogP contribution is -2.15. The predicted octanol–water partition coefficient (Wildman–Crippen LogP) is 2.63. The van der Waals surface area contributed by atoms with E-state index in [-0.39, 0.29) is 11.0 Å². The largest absolute Gasteiger partial charge is 0.298 e. The van der Waals surface area contributed by atoms with Crippen LogP contribution < -0.4 is 5.32 Å². The Kier molecular flexibility index (Phi) is 2.93. The minimum Gasteiger partial charge on any atom is -0.298 e. The molecule has 0 saturated heterocycles. The van der Waals surface area contributed by atoms with E-state index in [0.29, 0.717) is 17.1 Å². The molecule has 0 saturated carbocycles. The maximum Gasteiger partial charge on any atom is 0.261 e. The third kappa shape index (κ3) is 1.98. The fourth-order valence-corrected chi connectivity index (χ4v) is 3.44. The molecule has 0 radical (unpaired) electrons. The normalized spacial score (nSPS) is 16.9. The number of aromatic nitrogens is 4. The van der Waals surface area contributed by atoms with Gasteiger partial charge in [0.05, 0.1) is 11.8 Å². The molecular weight excluding hydrogens is 305 g/mol. The van der Waals surface area contributed by atoms with Crippen LogP contribution in [0.25, 0.3) is 5.65 Å². The third-order valence-corrected chi connectivity index (χ3v) is 4.70. The summed E-state index contributed by atoms with van der Waals surface area (Å²) in [6, 6.07) is 1.87. The zero-order valence-electron chi connectivity index (χ0n) is 11.7. The highest BCUT2D eigenvalue weighted by molar-refractivity contribution is 7.14. The topological polar surface area (TPSA) is 72.2 Å². The van der Waals surface area contributed by atoms with Gasteiger partial charge in [0.15, 0.2) is 15.9 Å². The van der Waals surface area contributed by atoms with E-state index < -0.39 is 5.13 Å². The zero-order chi connectivity index (χ0) is 15.3. The number of carbonyl (C=O) groups is 1. The summed E-state index contributed by atoms with van der Waals surface area (Å²) >= 11 is 0.792. The second kappa shape index (κ2) is 4.84. The molecule has 1 aliphatic rings. The molecule has 1 unspecified atom stereocenters. The minimum absolute atomic E-state index is 0.230. The van der Waals surface area contributed by atoms with Crippen molar-refractivity contribution in [2.24, 2.45) is 0 Å². The molecule has 3 aromatic rings. The summed E-state index contributed by atoms with van der Waals surface area (Å²) in [5, 5.41) is 10.4. The molecule has 4 rings (SSSR count). The van der Waals surface area contributed by atoms with Crippen molar-refractivity contribution in [2.45, 2.75) is 25.7 Å². The van der Waals surface area contributed by atoms with Gasteiger partial charge in [-0.25, -0.2) is 4.98 Å². The highest BCUT2D eigenvalue weighted by Crippen LogP contribution is 2.34. The van der Waals surface area contributed by atoms with Crippen LogP contribution in [0.1, 0.15) is 40.9 Å². The first-order chi connectivity index (χ1) is 10.6. The van der Waals surface area contributed by atoms with Gasteiger partial charge in [0.1, 0.15) is 6.33 Å². The van der Waals surface area contributed by atoms with Gasteiger partial charge in [0, 0.05) is 5.69 Å². The molecule has 112 valence electrons. The summed E-state index contributed by atoms with van der Waals surface area (Å²) in [4.78, 5) is 16.3. The van der Waals surface area contributed by atoms with Crippen molar-refractivity contribution in [3.05, 3.63) is 40.5 Å². The number of fused-ring (bicyclic) bond motifs is 3. The molecule has 0 fully saturated rings. The summed E-state index contributed by atoms with van der Waals surface area (Å²) in [5.74, 6) is 0.0416. The van der Waals surface area contributed by atoms with Gasteiger partial charge in [-0.1, -0.05) is 18.3 Å². The van der Waals surface area contributed by atoms with E-state index in [4.69, 9.17) is 0 Å². The van der Waals surface area contributed by atoms with Gasteiger partial charge in [-0.3, -0.25) is 14.5 Å². The number of amides is 1. The summed E-state index contributed by atoms with van der Waals surface area (Å²) in [6.45, 7) is 2.14. The Bertz CT molecular complexity index is 887. The van der Waals surface area contributed by atoms with Crippen molar-refractivity contribution in [2.75, 3.05) is 5.32 Å². The fourth-order valence-electron chi connectivity index (χ4n) is 2.90. The van der Waals surface area contributed by atoms with Crippen LogP contribution in [0.5, 0.6) is 0 Å². The van der Waals surface area contributed by atoms with Crippen molar-refractivity contribution in [3.8, 4) is 0 Å². The summed E-state index contributed by atoms with van der Waals surface area (Å²) in [5.41, 5.74) is 3.25. The van der Waals surface area contributed by atoms with E-state index in [0.717, 1.165) is 41.6 Å². The Morgan fingerprint density at radius 3 is 3.18 bits per heavy atom. The third-order valence-electron chi connectivity index (χ3n) is 4.00. The molecule has 0 bridgehead atoms. The quantitative estimate of drug-likeness (QED) is 0.788. The first kappa shape index (κ1) is 13.3. The predicted molar refractivity (Wildman–Crippen MR) is 79.7 cm³/mol.